The first kappa shape index (κ1) is 9.71. The van der Waals surface area contributed by atoms with E-state index in [4.69, 9.17) is 4.74 Å². The van der Waals surface area contributed by atoms with E-state index in [0.29, 0.717) is 6.04 Å². The second kappa shape index (κ2) is 4.13. The van der Waals surface area contributed by atoms with Crippen LogP contribution in [-0.4, -0.2) is 37.1 Å². The van der Waals surface area contributed by atoms with Crippen molar-refractivity contribution in [2.24, 2.45) is 0 Å². The molecule has 14 heavy (non-hydrogen) atoms. The second-order valence-electron chi connectivity index (χ2n) is 3.99. The topological polar surface area (TPSA) is 29.5 Å². The summed E-state index contributed by atoms with van der Waals surface area (Å²) in [6, 6.07) is 0.338. The first-order chi connectivity index (χ1) is 6.83. The van der Waals surface area contributed by atoms with Gasteiger partial charge in [-0.2, -0.15) is 0 Å². The summed E-state index contributed by atoms with van der Waals surface area (Å²) in [5, 5.41) is 0. The molecule has 78 valence electrons. The van der Waals surface area contributed by atoms with E-state index in [-0.39, 0.29) is 5.97 Å². The van der Waals surface area contributed by atoms with Gasteiger partial charge in [0.25, 0.3) is 0 Å². The minimum Gasteiger partial charge on any atom is -0.466 e. The smallest absolute Gasteiger partial charge is 0.335 e. The van der Waals surface area contributed by atoms with Crippen LogP contribution >= 0.6 is 0 Å². The molecule has 0 radical (unpaired) electrons. The summed E-state index contributed by atoms with van der Waals surface area (Å²) < 4.78 is 4.80. The number of esters is 1. The average Bonchev–Trinajstić information content (AvgIpc) is 2.27. The Morgan fingerprint density at radius 1 is 1.50 bits per heavy atom. The fourth-order valence-electron chi connectivity index (χ4n) is 2.47. The number of rotatable bonds is 1. The Morgan fingerprint density at radius 3 is 3.14 bits per heavy atom. The summed E-state index contributed by atoms with van der Waals surface area (Å²) in [6.07, 6.45) is 6.65. The molecule has 0 spiro atoms. The standard InChI is InChI=1S/C11H17NO2/c1-14-11(13)9-5-4-8-12-7-3-2-6-10(9)12/h5,10H,2-4,6-8H2,1H3. The van der Waals surface area contributed by atoms with E-state index >= 15 is 0 Å². The number of methoxy groups -OCH3 is 1. The lowest BCUT2D eigenvalue weighted by Gasteiger charge is -2.38. The van der Waals surface area contributed by atoms with Gasteiger partial charge in [0.05, 0.1) is 12.7 Å². The van der Waals surface area contributed by atoms with Crippen LogP contribution in [0, 0.1) is 0 Å². The summed E-state index contributed by atoms with van der Waals surface area (Å²) in [7, 11) is 1.46. The van der Waals surface area contributed by atoms with Crippen LogP contribution in [0.25, 0.3) is 0 Å². The molecular formula is C11H17NO2. The van der Waals surface area contributed by atoms with Crippen molar-refractivity contribution >= 4 is 5.97 Å². The van der Waals surface area contributed by atoms with E-state index in [1.54, 1.807) is 0 Å². The van der Waals surface area contributed by atoms with Crippen molar-refractivity contribution in [2.45, 2.75) is 31.7 Å². The molecule has 2 aliphatic heterocycles. The van der Waals surface area contributed by atoms with Gasteiger partial charge < -0.3 is 4.74 Å². The van der Waals surface area contributed by atoms with Gasteiger partial charge in [-0.25, -0.2) is 4.79 Å². The quantitative estimate of drug-likeness (QED) is 0.591. The first-order valence-corrected chi connectivity index (χ1v) is 5.35. The fraction of sp³-hybridized carbons (Fsp3) is 0.727. The summed E-state index contributed by atoms with van der Waals surface area (Å²) in [4.78, 5) is 13.9. The molecule has 0 N–H and O–H groups in total. The molecule has 0 aliphatic carbocycles. The lowest BCUT2D eigenvalue weighted by molar-refractivity contribution is -0.137. The SMILES string of the molecule is COC(=O)C1=CCCN2CCCCC12. The predicted molar refractivity (Wildman–Crippen MR) is 53.9 cm³/mol. The van der Waals surface area contributed by atoms with Gasteiger partial charge in [-0.1, -0.05) is 12.5 Å². The lowest BCUT2D eigenvalue weighted by Crippen LogP contribution is -2.45. The Hall–Kier alpha value is -0.830. The number of piperidine rings is 1. The lowest BCUT2D eigenvalue weighted by atomic mass is 9.91. The number of fused-ring (bicyclic) bond motifs is 1. The van der Waals surface area contributed by atoms with E-state index in [1.165, 1.54) is 20.0 Å². The van der Waals surface area contributed by atoms with Crippen LogP contribution in [0.1, 0.15) is 25.7 Å². The van der Waals surface area contributed by atoms with Crippen molar-refractivity contribution in [1.82, 2.24) is 4.90 Å². The predicted octanol–water partition coefficient (Wildman–Crippen LogP) is 1.34. The third-order valence-electron chi connectivity index (χ3n) is 3.17. The van der Waals surface area contributed by atoms with Crippen LogP contribution in [0.4, 0.5) is 0 Å². The number of nitrogens with zero attached hydrogens (tertiary/aromatic N) is 1. The Balaban J connectivity index is 2.14. The average molecular weight is 195 g/mol. The summed E-state index contributed by atoms with van der Waals surface area (Å²) >= 11 is 0. The maximum atomic E-state index is 11.5. The van der Waals surface area contributed by atoms with Crippen LogP contribution < -0.4 is 0 Å². The highest BCUT2D eigenvalue weighted by Gasteiger charge is 2.31. The van der Waals surface area contributed by atoms with Gasteiger partial charge >= 0.3 is 5.97 Å². The molecule has 0 amide bonds. The summed E-state index contributed by atoms with van der Waals surface area (Å²) in [5.74, 6) is -0.137. The van der Waals surface area contributed by atoms with E-state index in [0.717, 1.165) is 31.5 Å². The number of hydrogen-bond donors (Lipinski definition) is 0. The largest absolute Gasteiger partial charge is 0.466 e. The molecule has 0 aromatic carbocycles. The molecule has 3 heteroatoms. The van der Waals surface area contributed by atoms with Gasteiger partial charge in [0.15, 0.2) is 0 Å². The van der Waals surface area contributed by atoms with Crippen LogP contribution in [0.15, 0.2) is 11.6 Å². The van der Waals surface area contributed by atoms with Gasteiger partial charge in [-0.15, -0.1) is 0 Å². The molecule has 1 fully saturated rings. The molecule has 2 rings (SSSR count). The highest BCUT2D eigenvalue weighted by Crippen LogP contribution is 2.27. The molecule has 0 aromatic heterocycles. The molecule has 3 nitrogen and oxygen atoms in total. The maximum absolute atomic E-state index is 11.5. The van der Waals surface area contributed by atoms with E-state index in [9.17, 15) is 4.79 Å². The number of ether oxygens (including phenoxy) is 1. The van der Waals surface area contributed by atoms with Gasteiger partial charge in [0.2, 0.25) is 0 Å². The van der Waals surface area contributed by atoms with Crippen molar-refractivity contribution in [3.05, 3.63) is 11.6 Å². The minimum atomic E-state index is -0.137. The van der Waals surface area contributed by atoms with Crippen molar-refractivity contribution in [2.75, 3.05) is 20.2 Å². The molecule has 1 saturated heterocycles. The number of carbonyl (C=O) groups excluding carboxylic acids is 1. The fourth-order valence-corrected chi connectivity index (χ4v) is 2.47. The van der Waals surface area contributed by atoms with Crippen molar-refractivity contribution in [1.29, 1.82) is 0 Å². The maximum Gasteiger partial charge on any atom is 0.335 e. The molecule has 2 aliphatic rings. The van der Waals surface area contributed by atoms with Gasteiger partial charge in [0.1, 0.15) is 0 Å². The van der Waals surface area contributed by atoms with E-state index in [1.807, 2.05) is 0 Å². The number of hydrogen-bond acceptors (Lipinski definition) is 3. The Labute approximate surface area is 84.7 Å². The minimum absolute atomic E-state index is 0.137. The zero-order chi connectivity index (χ0) is 9.97. The van der Waals surface area contributed by atoms with Gasteiger partial charge in [-0.05, 0) is 25.8 Å². The monoisotopic (exact) mass is 195 g/mol. The van der Waals surface area contributed by atoms with E-state index < -0.39 is 0 Å². The third-order valence-corrected chi connectivity index (χ3v) is 3.17. The molecule has 0 aromatic rings. The van der Waals surface area contributed by atoms with Crippen molar-refractivity contribution in [3.63, 3.8) is 0 Å². The number of carbonyl (C=O) groups is 1. The van der Waals surface area contributed by atoms with Crippen LogP contribution in [0.5, 0.6) is 0 Å². The molecule has 1 atom stereocenters. The molecule has 0 bridgehead atoms. The van der Waals surface area contributed by atoms with E-state index in [2.05, 4.69) is 11.0 Å². The summed E-state index contributed by atoms with van der Waals surface area (Å²) in [6.45, 7) is 2.24. The Kier molecular flexibility index (Phi) is 2.87. The van der Waals surface area contributed by atoms with Crippen LogP contribution in [-0.2, 0) is 9.53 Å². The summed E-state index contributed by atoms with van der Waals surface area (Å²) in [5.41, 5.74) is 0.887. The van der Waals surface area contributed by atoms with Crippen molar-refractivity contribution in [3.8, 4) is 0 Å². The van der Waals surface area contributed by atoms with Gasteiger partial charge in [-0.3, -0.25) is 4.90 Å². The molecular weight excluding hydrogens is 178 g/mol. The molecule has 0 saturated carbocycles. The zero-order valence-corrected chi connectivity index (χ0v) is 8.66. The third kappa shape index (κ3) is 1.69. The highest BCUT2D eigenvalue weighted by molar-refractivity contribution is 5.89. The van der Waals surface area contributed by atoms with Crippen LogP contribution in [0.2, 0.25) is 0 Å². The Morgan fingerprint density at radius 2 is 2.36 bits per heavy atom. The molecule has 2 heterocycles. The van der Waals surface area contributed by atoms with Crippen LogP contribution in [0.3, 0.4) is 0 Å². The highest BCUT2D eigenvalue weighted by atomic mass is 16.5. The zero-order valence-electron chi connectivity index (χ0n) is 8.66. The first-order valence-electron chi connectivity index (χ1n) is 5.35. The Bertz CT molecular complexity index is 260. The van der Waals surface area contributed by atoms with Crippen molar-refractivity contribution < 1.29 is 9.53 Å². The van der Waals surface area contributed by atoms with Gasteiger partial charge in [0, 0.05) is 12.6 Å². The molecule has 1 unspecified atom stereocenters. The normalized spacial score (nSPS) is 27.8. The second-order valence-corrected chi connectivity index (χ2v) is 3.99.